The van der Waals surface area contributed by atoms with Crippen LogP contribution >= 0.6 is 0 Å². The molecule has 0 atom stereocenters. The molecular weight excluding hydrogens is 446 g/mol. The van der Waals surface area contributed by atoms with Crippen molar-refractivity contribution in [2.45, 2.75) is 39.3 Å². The van der Waals surface area contributed by atoms with Crippen LogP contribution in [0.2, 0.25) is 0 Å². The number of aryl methyl sites for hydroxylation is 2. The van der Waals surface area contributed by atoms with Gasteiger partial charge >= 0.3 is 5.69 Å². The van der Waals surface area contributed by atoms with Gasteiger partial charge in [0.2, 0.25) is 0 Å². The number of hydrogen-bond donors (Lipinski definition) is 0. The highest BCUT2D eigenvalue weighted by atomic mass is 16.5. The average Bonchev–Trinajstić information content (AvgIpc) is 3.20. The van der Waals surface area contributed by atoms with E-state index in [0.717, 1.165) is 54.1 Å². The fraction of sp³-hybridized carbons (Fsp3) is 0.423. The number of rotatable bonds is 6. The molecule has 4 aromatic rings. The highest BCUT2D eigenvalue weighted by Crippen LogP contribution is 2.28. The molecule has 0 amide bonds. The van der Waals surface area contributed by atoms with Gasteiger partial charge in [0.15, 0.2) is 5.65 Å². The number of benzene rings is 1. The van der Waals surface area contributed by atoms with Crippen LogP contribution in [0, 0.1) is 13.8 Å². The van der Waals surface area contributed by atoms with E-state index in [1.165, 1.54) is 0 Å². The molecule has 9 nitrogen and oxygen atoms in total. The molecule has 5 rings (SSSR count). The van der Waals surface area contributed by atoms with Gasteiger partial charge in [-0.25, -0.2) is 19.2 Å². The molecule has 1 aliphatic rings. The maximum atomic E-state index is 13.8. The third-order valence-corrected chi connectivity index (χ3v) is 7.01. The number of pyridine rings is 1. The van der Waals surface area contributed by atoms with Crippen LogP contribution in [-0.4, -0.2) is 59.5 Å². The van der Waals surface area contributed by atoms with Gasteiger partial charge in [0.25, 0.3) is 0 Å². The average molecular weight is 478 g/mol. The first-order valence-corrected chi connectivity index (χ1v) is 11.8. The molecule has 4 heterocycles. The zero-order valence-corrected chi connectivity index (χ0v) is 20.9. The SMILES string of the molecule is COc1cc(Cn2c(=O)n3c(C)c(C)nc3c3ncc(N4CCC(OC)CC4)cc32)cc(OC)c1. The predicted molar refractivity (Wildman–Crippen MR) is 135 cm³/mol. The summed E-state index contributed by atoms with van der Waals surface area (Å²) < 4.78 is 19.9. The summed E-state index contributed by atoms with van der Waals surface area (Å²) in [6.45, 7) is 5.93. The first-order valence-electron chi connectivity index (χ1n) is 11.8. The molecule has 0 unspecified atom stereocenters. The summed E-state index contributed by atoms with van der Waals surface area (Å²) in [6.07, 6.45) is 4.10. The minimum absolute atomic E-state index is 0.149. The second kappa shape index (κ2) is 9.22. The van der Waals surface area contributed by atoms with Gasteiger partial charge < -0.3 is 19.1 Å². The highest BCUT2D eigenvalue weighted by Gasteiger charge is 2.22. The highest BCUT2D eigenvalue weighted by molar-refractivity contribution is 5.90. The van der Waals surface area contributed by atoms with Crippen molar-refractivity contribution in [3.8, 4) is 11.5 Å². The molecule has 1 aliphatic heterocycles. The Hall–Kier alpha value is -3.59. The number of hydrogen-bond acceptors (Lipinski definition) is 7. The van der Waals surface area contributed by atoms with Gasteiger partial charge in [0.1, 0.15) is 17.0 Å². The van der Waals surface area contributed by atoms with E-state index in [1.54, 1.807) is 30.3 Å². The summed E-state index contributed by atoms with van der Waals surface area (Å²) in [4.78, 5) is 25.6. The topological polar surface area (TPSA) is 83.1 Å². The fourth-order valence-electron chi connectivity index (χ4n) is 4.86. The Morgan fingerprint density at radius 3 is 2.31 bits per heavy atom. The Labute approximate surface area is 203 Å². The molecule has 1 saturated heterocycles. The molecule has 9 heteroatoms. The van der Waals surface area contributed by atoms with Crippen molar-refractivity contribution < 1.29 is 14.2 Å². The van der Waals surface area contributed by atoms with Crippen molar-refractivity contribution >= 4 is 22.4 Å². The van der Waals surface area contributed by atoms with E-state index >= 15 is 0 Å². The van der Waals surface area contributed by atoms with Crippen molar-refractivity contribution in [1.82, 2.24) is 18.9 Å². The van der Waals surface area contributed by atoms with Crippen LogP contribution < -0.4 is 20.1 Å². The molecular formula is C26H31N5O4. The summed E-state index contributed by atoms with van der Waals surface area (Å²) >= 11 is 0. The number of anilines is 1. The smallest absolute Gasteiger partial charge is 0.335 e. The maximum absolute atomic E-state index is 13.8. The van der Waals surface area contributed by atoms with Gasteiger partial charge in [-0.05, 0) is 50.5 Å². The van der Waals surface area contributed by atoms with Crippen LogP contribution in [0.5, 0.6) is 11.5 Å². The zero-order valence-electron chi connectivity index (χ0n) is 20.9. The van der Waals surface area contributed by atoms with Gasteiger partial charge in [-0.3, -0.25) is 4.57 Å². The van der Waals surface area contributed by atoms with Gasteiger partial charge in [0.05, 0.1) is 50.0 Å². The van der Waals surface area contributed by atoms with E-state index in [-0.39, 0.29) is 11.8 Å². The zero-order chi connectivity index (χ0) is 24.7. The monoisotopic (exact) mass is 477 g/mol. The standard InChI is InChI=1S/C26H31N5O4/c1-16-17(2)31-25(28-16)24-23(12-19(14-27-24)29-8-6-20(33-3)7-9-29)30(26(31)32)15-18-10-21(34-4)13-22(11-18)35-5/h10-14,20H,6-9,15H2,1-5H3. The van der Waals surface area contributed by atoms with Crippen LogP contribution in [0.3, 0.4) is 0 Å². The van der Waals surface area contributed by atoms with Gasteiger partial charge in [-0.2, -0.15) is 0 Å². The minimum Gasteiger partial charge on any atom is -0.497 e. The van der Waals surface area contributed by atoms with Crippen molar-refractivity contribution in [1.29, 1.82) is 0 Å². The lowest BCUT2D eigenvalue weighted by molar-refractivity contribution is 0.0819. The lowest BCUT2D eigenvalue weighted by Gasteiger charge is -2.32. The number of aromatic nitrogens is 4. The number of ether oxygens (including phenoxy) is 3. The molecule has 0 N–H and O–H groups in total. The molecule has 0 aliphatic carbocycles. The van der Waals surface area contributed by atoms with Crippen LogP contribution in [-0.2, 0) is 11.3 Å². The lowest BCUT2D eigenvalue weighted by Crippen LogP contribution is -2.36. The van der Waals surface area contributed by atoms with Crippen molar-refractivity contribution in [3.05, 3.63) is 57.9 Å². The van der Waals surface area contributed by atoms with E-state index in [1.807, 2.05) is 38.2 Å². The number of nitrogens with zero attached hydrogens (tertiary/aromatic N) is 5. The van der Waals surface area contributed by atoms with Crippen molar-refractivity contribution in [2.75, 3.05) is 39.3 Å². The van der Waals surface area contributed by atoms with Gasteiger partial charge in [0, 0.05) is 32.0 Å². The minimum atomic E-state index is -0.149. The Morgan fingerprint density at radius 2 is 1.69 bits per heavy atom. The third-order valence-electron chi connectivity index (χ3n) is 7.01. The summed E-state index contributed by atoms with van der Waals surface area (Å²) in [5.74, 6) is 1.35. The van der Waals surface area contributed by atoms with E-state index < -0.39 is 0 Å². The summed E-state index contributed by atoms with van der Waals surface area (Å²) in [5.41, 5.74) is 5.41. The largest absolute Gasteiger partial charge is 0.497 e. The second-order valence-corrected chi connectivity index (χ2v) is 9.01. The third kappa shape index (κ3) is 4.10. The molecule has 0 radical (unpaired) electrons. The van der Waals surface area contributed by atoms with Crippen LogP contribution in [0.4, 0.5) is 5.69 Å². The first-order chi connectivity index (χ1) is 16.9. The molecule has 184 valence electrons. The number of fused-ring (bicyclic) bond motifs is 3. The molecule has 1 aromatic carbocycles. The number of piperidine rings is 1. The van der Waals surface area contributed by atoms with Crippen molar-refractivity contribution in [2.24, 2.45) is 0 Å². The van der Waals surface area contributed by atoms with Crippen LogP contribution in [0.25, 0.3) is 16.7 Å². The van der Waals surface area contributed by atoms with Crippen LogP contribution in [0.15, 0.2) is 35.3 Å². The molecule has 35 heavy (non-hydrogen) atoms. The summed E-state index contributed by atoms with van der Waals surface area (Å²) in [7, 11) is 5.00. The Bertz CT molecular complexity index is 1430. The normalized spacial score (nSPS) is 14.7. The second-order valence-electron chi connectivity index (χ2n) is 9.01. The fourth-order valence-corrected chi connectivity index (χ4v) is 4.86. The maximum Gasteiger partial charge on any atom is 0.335 e. The Morgan fingerprint density at radius 1 is 1.00 bits per heavy atom. The first kappa shape index (κ1) is 23.2. The van der Waals surface area contributed by atoms with Gasteiger partial charge in [-0.1, -0.05) is 0 Å². The number of imidazole rings is 1. The van der Waals surface area contributed by atoms with Gasteiger partial charge in [-0.15, -0.1) is 0 Å². The number of methoxy groups -OCH3 is 3. The molecule has 0 bridgehead atoms. The molecule has 0 spiro atoms. The molecule has 1 fully saturated rings. The lowest BCUT2D eigenvalue weighted by atomic mass is 10.1. The van der Waals surface area contributed by atoms with E-state index in [2.05, 4.69) is 16.0 Å². The quantitative estimate of drug-likeness (QED) is 0.421. The van der Waals surface area contributed by atoms with E-state index in [0.29, 0.717) is 29.2 Å². The molecule has 3 aromatic heterocycles. The Kier molecular flexibility index (Phi) is 6.10. The van der Waals surface area contributed by atoms with Crippen LogP contribution in [0.1, 0.15) is 29.8 Å². The Balaban J connectivity index is 1.69. The van der Waals surface area contributed by atoms with E-state index in [4.69, 9.17) is 19.2 Å². The van der Waals surface area contributed by atoms with Crippen molar-refractivity contribution in [3.63, 3.8) is 0 Å². The van der Waals surface area contributed by atoms with E-state index in [9.17, 15) is 4.79 Å². The molecule has 0 saturated carbocycles. The summed E-state index contributed by atoms with van der Waals surface area (Å²) in [5, 5.41) is 0. The predicted octanol–water partition coefficient (Wildman–Crippen LogP) is 3.34. The summed E-state index contributed by atoms with van der Waals surface area (Å²) in [6, 6.07) is 7.72.